The maximum absolute atomic E-state index is 5.71. The number of ether oxygens (including phenoxy) is 2. The van der Waals surface area contributed by atoms with Crippen molar-refractivity contribution in [3.63, 3.8) is 0 Å². The summed E-state index contributed by atoms with van der Waals surface area (Å²) in [6.45, 7) is 7.02. The quantitative estimate of drug-likeness (QED) is 0.482. The second-order valence-electron chi connectivity index (χ2n) is 9.12. The molecule has 5 nitrogen and oxygen atoms in total. The first-order valence-corrected chi connectivity index (χ1v) is 12.1. The predicted octanol–water partition coefficient (Wildman–Crippen LogP) is 6.11. The van der Waals surface area contributed by atoms with Crippen LogP contribution in [0.2, 0.25) is 0 Å². The number of nitrogens with zero attached hydrogens (tertiary/aromatic N) is 1. The Labute approximate surface area is 196 Å². The lowest BCUT2D eigenvalue weighted by atomic mass is 9.97. The van der Waals surface area contributed by atoms with E-state index in [1.165, 1.54) is 34.3 Å². The van der Waals surface area contributed by atoms with E-state index < -0.39 is 0 Å². The molecule has 0 bridgehead atoms. The molecule has 5 heteroatoms. The van der Waals surface area contributed by atoms with Crippen LogP contribution in [0.15, 0.2) is 60.3 Å². The molecular weight excluding hydrogens is 410 g/mol. The van der Waals surface area contributed by atoms with Crippen LogP contribution in [-0.4, -0.2) is 36.0 Å². The zero-order valence-corrected chi connectivity index (χ0v) is 19.6. The first-order valence-electron chi connectivity index (χ1n) is 12.1. The lowest BCUT2D eigenvalue weighted by molar-refractivity contribution is -0.176. The van der Waals surface area contributed by atoms with Crippen LogP contribution in [0.4, 0.5) is 0 Å². The van der Waals surface area contributed by atoms with Crippen molar-refractivity contribution in [2.75, 3.05) is 19.8 Å². The minimum absolute atomic E-state index is 0.105. The molecule has 0 radical (unpaired) electrons. The molecule has 2 aliphatic heterocycles. The summed E-state index contributed by atoms with van der Waals surface area (Å²) in [4.78, 5) is 8.09. The van der Waals surface area contributed by atoms with Crippen molar-refractivity contribution in [3.8, 4) is 22.4 Å². The molecule has 33 heavy (non-hydrogen) atoms. The molecule has 0 spiro atoms. The molecule has 2 N–H and O–H groups in total. The topological polar surface area (TPSA) is 59.2 Å². The smallest absolute Gasteiger partial charge is 0.161 e. The highest BCUT2D eigenvalue weighted by molar-refractivity contribution is 5.72. The Morgan fingerprint density at radius 3 is 2.24 bits per heavy atom. The average molecular weight is 444 g/mol. The summed E-state index contributed by atoms with van der Waals surface area (Å²) in [5, 5.41) is 3.50. The SMILES string of the molecule is C/C(CC1OCCCO1)=C(\C)c1ccc(-c2ccc(-c3cnc([C@@H]4CCCN4)[nH]3)cc2)cc1. The molecule has 2 aliphatic rings. The molecule has 2 saturated heterocycles. The molecule has 172 valence electrons. The standard InChI is InChI=1S/C28H33N3O2/c1-19(17-27-32-15-4-16-33-27)20(2)21-6-8-22(9-7-21)23-10-12-24(13-11-23)26-18-30-28(31-26)25-5-3-14-29-25/h6-13,18,25,27,29H,3-5,14-17H2,1-2H3,(H,30,31)/b20-19-/t25-/m0/s1. The number of aromatic nitrogens is 2. The number of benzene rings is 2. The van der Waals surface area contributed by atoms with Crippen LogP contribution >= 0.6 is 0 Å². The molecule has 1 atom stereocenters. The van der Waals surface area contributed by atoms with Crippen molar-refractivity contribution < 1.29 is 9.47 Å². The summed E-state index contributed by atoms with van der Waals surface area (Å²) < 4.78 is 11.4. The number of hydrogen-bond donors (Lipinski definition) is 2. The van der Waals surface area contributed by atoms with E-state index >= 15 is 0 Å². The Hall–Kier alpha value is -2.73. The van der Waals surface area contributed by atoms with Crippen LogP contribution in [0.5, 0.6) is 0 Å². The Morgan fingerprint density at radius 1 is 0.909 bits per heavy atom. The zero-order chi connectivity index (χ0) is 22.6. The van der Waals surface area contributed by atoms with Gasteiger partial charge in [-0.15, -0.1) is 0 Å². The van der Waals surface area contributed by atoms with Gasteiger partial charge in [0.1, 0.15) is 5.82 Å². The largest absolute Gasteiger partial charge is 0.352 e. The van der Waals surface area contributed by atoms with E-state index in [0.29, 0.717) is 6.04 Å². The Kier molecular flexibility index (Phi) is 6.72. The van der Waals surface area contributed by atoms with Crippen molar-refractivity contribution in [1.29, 1.82) is 0 Å². The van der Waals surface area contributed by atoms with Crippen molar-refractivity contribution >= 4 is 5.57 Å². The summed E-state index contributed by atoms with van der Waals surface area (Å²) in [6.07, 6.45) is 6.01. The van der Waals surface area contributed by atoms with Crippen LogP contribution in [0, 0.1) is 0 Å². The van der Waals surface area contributed by atoms with Crippen LogP contribution in [0.3, 0.4) is 0 Å². The Bertz CT molecular complexity index is 1090. The van der Waals surface area contributed by atoms with Gasteiger partial charge in [-0.3, -0.25) is 0 Å². The van der Waals surface area contributed by atoms with Crippen LogP contribution in [0.25, 0.3) is 28.0 Å². The van der Waals surface area contributed by atoms with Crippen LogP contribution < -0.4 is 5.32 Å². The van der Waals surface area contributed by atoms with E-state index in [1.807, 2.05) is 6.20 Å². The fraction of sp³-hybridized carbons (Fsp3) is 0.393. The van der Waals surface area contributed by atoms with Crippen LogP contribution in [0.1, 0.15) is 57.0 Å². The second kappa shape index (κ2) is 10.0. The molecule has 1 aromatic heterocycles. The molecule has 2 fully saturated rings. The maximum Gasteiger partial charge on any atom is 0.161 e. The minimum atomic E-state index is -0.105. The fourth-order valence-electron chi connectivity index (χ4n) is 4.64. The monoisotopic (exact) mass is 443 g/mol. The summed E-state index contributed by atoms with van der Waals surface area (Å²) >= 11 is 0. The molecule has 2 aromatic carbocycles. The first kappa shape index (κ1) is 22.1. The number of imidazole rings is 1. The number of H-pyrrole nitrogens is 1. The van der Waals surface area contributed by atoms with Crippen molar-refractivity contribution in [2.24, 2.45) is 0 Å². The summed E-state index contributed by atoms with van der Waals surface area (Å²) in [6, 6.07) is 17.9. The number of allylic oxidation sites excluding steroid dienone is 1. The molecule has 0 saturated carbocycles. The molecule has 0 unspecified atom stereocenters. The molecule has 3 heterocycles. The molecule has 0 amide bonds. The zero-order valence-electron chi connectivity index (χ0n) is 19.6. The molecule has 0 aliphatic carbocycles. The van der Waals surface area contributed by atoms with E-state index in [9.17, 15) is 0 Å². The second-order valence-corrected chi connectivity index (χ2v) is 9.12. The highest BCUT2D eigenvalue weighted by Crippen LogP contribution is 2.29. The van der Waals surface area contributed by atoms with Gasteiger partial charge in [0.05, 0.1) is 31.1 Å². The summed E-state index contributed by atoms with van der Waals surface area (Å²) in [5.41, 5.74) is 8.51. The van der Waals surface area contributed by atoms with Gasteiger partial charge in [-0.1, -0.05) is 54.1 Å². The van der Waals surface area contributed by atoms with E-state index in [-0.39, 0.29) is 6.29 Å². The van der Waals surface area contributed by atoms with Gasteiger partial charge in [0.25, 0.3) is 0 Å². The van der Waals surface area contributed by atoms with Gasteiger partial charge in [-0.25, -0.2) is 4.98 Å². The van der Waals surface area contributed by atoms with Crippen LogP contribution in [-0.2, 0) is 9.47 Å². The van der Waals surface area contributed by atoms with Gasteiger partial charge >= 0.3 is 0 Å². The van der Waals surface area contributed by atoms with Gasteiger partial charge < -0.3 is 19.8 Å². The fourth-order valence-corrected chi connectivity index (χ4v) is 4.64. The van der Waals surface area contributed by atoms with Gasteiger partial charge in [-0.05, 0) is 67.5 Å². The van der Waals surface area contributed by atoms with Crippen molar-refractivity contribution in [2.45, 2.75) is 51.9 Å². The lowest BCUT2D eigenvalue weighted by Crippen LogP contribution is -2.25. The minimum Gasteiger partial charge on any atom is -0.352 e. The normalized spacial score (nSPS) is 20.1. The third-order valence-corrected chi connectivity index (χ3v) is 6.84. The van der Waals surface area contributed by atoms with E-state index in [2.05, 4.69) is 77.7 Å². The third kappa shape index (κ3) is 5.11. The number of rotatable bonds is 6. The predicted molar refractivity (Wildman–Crippen MR) is 133 cm³/mol. The van der Waals surface area contributed by atoms with Gasteiger partial charge in [0.15, 0.2) is 6.29 Å². The van der Waals surface area contributed by atoms with E-state index in [4.69, 9.17) is 9.47 Å². The third-order valence-electron chi connectivity index (χ3n) is 6.84. The molecule has 3 aromatic rings. The highest BCUT2D eigenvalue weighted by Gasteiger charge is 2.19. The maximum atomic E-state index is 5.71. The van der Waals surface area contributed by atoms with E-state index in [1.54, 1.807) is 0 Å². The molecular formula is C28H33N3O2. The Morgan fingerprint density at radius 2 is 1.58 bits per heavy atom. The van der Waals surface area contributed by atoms with Gasteiger partial charge in [0.2, 0.25) is 0 Å². The van der Waals surface area contributed by atoms with Crippen molar-refractivity contribution in [3.05, 3.63) is 71.7 Å². The van der Waals surface area contributed by atoms with Crippen molar-refractivity contribution in [1.82, 2.24) is 15.3 Å². The Balaban J connectivity index is 1.26. The van der Waals surface area contributed by atoms with E-state index in [0.717, 1.165) is 56.1 Å². The first-order chi connectivity index (χ1) is 16.2. The molecule has 5 rings (SSSR count). The van der Waals surface area contributed by atoms with Gasteiger partial charge in [-0.2, -0.15) is 0 Å². The average Bonchev–Trinajstić information content (AvgIpc) is 3.57. The van der Waals surface area contributed by atoms with Gasteiger partial charge in [0, 0.05) is 6.42 Å². The number of nitrogens with one attached hydrogen (secondary N) is 2. The highest BCUT2D eigenvalue weighted by atomic mass is 16.7. The summed E-state index contributed by atoms with van der Waals surface area (Å²) in [7, 11) is 0. The summed E-state index contributed by atoms with van der Waals surface area (Å²) in [5.74, 6) is 1.04. The lowest BCUT2D eigenvalue weighted by Gasteiger charge is -2.24. The number of hydrogen-bond acceptors (Lipinski definition) is 4. The number of aromatic amines is 1.